The number of pyridine rings is 1. The van der Waals surface area contributed by atoms with Crippen molar-refractivity contribution in [3.8, 4) is 16.4 Å². The molecule has 0 aliphatic rings. The zero-order valence-electron chi connectivity index (χ0n) is 13.6. The van der Waals surface area contributed by atoms with Crippen molar-refractivity contribution in [2.24, 2.45) is 0 Å². The number of nitrogens with zero attached hydrogens (tertiary/aromatic N) is 4. The monoisotopic (exact) mass is 399 g/mol. The molecule has 0 atom stereocenters. The summed E-state index contributed by atoms with van der Waals surface area (Å²) < 4.78 is 15.1. The second kappa shape index (κ2) is 7.26. The molecule has 1 amide bonds. The van der Waals surface area contributed by atoms with Crippen LogP contribution in [0, 0.1) is 5.82 Å². The third kappa shape index (κ3) is 3.71. The summed E-state index contributed by atoms with van der Waals surface area (Å²) in [6, 6.07) is 12.8. The lowest BCUT2D eigenvalue weighted by molar-refractivity contribution is 0.101. The average Bonchev–Trinajstić information content (AvgIpc) is 3.33. The Morgan fingerprint density at radius 2 is 2.07 bits per heavy atom. The third-order valence-corrected chi connectivity index (χ3v) is 4.66. The highest BCUT2D eigenvalue weighted by atomic mass is 35.5. The number of amides is 1. The third-order valence-electron chi connectivity index (χ3n) is 3.57. The van der Waals surface area contributed by atoms with E-state index in [1.165, 1.54) is 34.3 Å². The topological polar surface area (TPSA) is 72.7 Å². The standard InChI is InChI=1S/C18H11ClFN5OS/c19-11-6-7-15(21-10-11)22-18(26)16-23-17(14-5-2-8-27-14)25(24-16)13-4-1-3-12(20)9-13/h1-10H,(H,21,22,26). The fraction of sp³-hybridized carbons (Fsp3) is 0. The second-order valence-electron chi connectivity index (χ2n) is 5.44. The maximum absolute atomic E-state index is 13.7. The van der Waals surface area contributed by atoms with Crippen molar-refractivity contribution in [3.63, 3.8) is 0 Å². The van der Waals surface area contributed by atoms with Gasteiger partial charge >= 0.3 is 0 Å². The predicted molar refractivity (Wildman–Crippen MR) is 102 cm³/mol. The van der Waals surface area contributed by atoms with Gasteiger partial charge in [0.25, 0.3) is 5.91 Å². The molecule has 3 heterocycles. The first-order chi connectivity index (χ1) is 13.1. The molecule has 4 aromatic rings. The number of hydrogen-bond donors (Lipinski definition) is 1. The number of halogens is 2. The largest absolute Gasteiger partial charge is 0.304 e. The van der Waals surface area contributed by atoms with Gasteiger partial charge in [0.05, 0.1) is 15.6 Å². The van der Waals surface area contributed by atoms with Crippen molar-refractivity contribution in [3.05, 3.63) is 76.8 Å². The highest BCUT2D eigenvalue weighted by molar-refractivity contribution is 7.13. The van der Waals surface area contributed by atoms with E-state index in [0.29, 0.717) is 22.4 Å². The molecule has 4 rings (SSSR count). The van der Waals surface area contributed by atoms with Gasteiger partial charge in [-0.25, -0.2) is 19.0 Å². The summed E-state index contributed by atoms with van der Waals surface area (Å²) in [5, 5.41) is 9.23. The van der Waals surface area contributed by atoms with Crippen LogP contribution in [-0.4, -0.2) is 25.7 Å². The van der Waals surface area contributed by atoms with Crippen LogP contribution in [0.5, 0.6) is 0 Å². The summed E-state index contributed by atoms with van der Waals surface area (Å²) in [6.45, 7) is 0. The number of aromatic nitrogens is 4. The van der Waals surface area contributed by atoms with Crippen LogP contribution in [-0.2, 0) is 0 Å². The Balaban J connectivity index is 1.72. The Labute approximate surface area is 162 Å². The van der Waals surface area contributed by atoms with E-state index in [2.05, 4.69) is 20.4 Å². The molecule has 0 radical (unpaired) electrons. The fourth-order valence-electron chi connectivity index (χ4n) is 2.38. The van der Waals surface area contributed by atoms with Gasteiger partial charge in [-0.3, -0.25) is 4.79 Å². The van der Waals surface area contributed by atoms with Gasteiger partial charge in [-0.05, 0) is 41.8 Å². The molecule has 27 heavy (non-hydrogen) atoms. The summed E-state index contributed by atoms with van der Waals surface area (Å²) >= 11 is 7.24. The van der Waals surface area contributed by atoms with Gasteiger partial charge in [0, 0.05) is 6.20 Å². The van der Waals surface area contributed by atoms with Crippen LogP contribution < -0.4 is 5.32 Å². The molecule has 0 aliphatic carbocycles. The molecule has 1 aromatic carbocycles. The first-order valence-electron chi connectivity index (χ1n) is 7.80. The van der Waals surface area contributed by atoms with E-state index in [-0.39, 0.29) is 5.82 Å². The van der Waals surface area contributed by atoms with Gasteiger partial charge in [-0.15, -0.1) is 16.4 Å². The summed E-state index contributed by atoms with van der Waals surface area (Å²) in [6.07, 6.45) is 1.42. The number of rotatable bonds is 4. The SMILES string of the molecule is O=C(Nc1ccc(Cl)cn1)c1nc(-c2cccs2)n(-c2cccc(F)c2)n1. The van der Waals surface area contributed by atoms with Gasteiger partial charge in [0.15, 0.2) is 5.82 Å². The predicted octanol–water partition coefficient (Wildman–Crippen LogP) is 4.44. The van der Waals surface area contributed by atoms with E-state index in [0.717, 1.165) is 4.88 Å². The lowest BCUT2D eigenvalue weighted by Gasteiger charge is -2.04. The maximum atomic E-state index is 13.7. The number of anilines is 1. The van der Waals surface area contributed by atoms with Crippen LogP contribution in [0.2, 0.25) is 5.02 Å². The van der Waals surface area contributed by atoms with E-state index < -0.39 is 11.7 Å². The normalized spacial score (nSPS) is 10.7. The van der Waals surface area contributed by atoms with Gasteiger partial charge in [0.2, 0.25) is 5.82 Å². The molecule has 0 saturated heterocycles. The number of hydrogen-bond acceptors (Lipinski definition) is 5. The van der Waals surface area contributed by atoms with Gasteiger partial charge in [0.1, 0.15) is 11.6 Å². The Hall–Kier alpha value is -3.10. The zero-order chi connectivity index (χ0) is 18.8. The quantitative estimate of drug-likeness (QED) is 0.550. The molecule has 9 heteroatoms. The molecule has 6 nitrogen and oxygen atoms in total. The maximum Gasteiger partial charge on any atom is 0.296 e. The number of nitrogens with one attached hydrogen (secondary N) is 1. The Bertz CT molecular complexity index is 1100. The van der Waals surface area contributed by atoms with E-state index >= 15 is 0 Å². The second-order valence-corrected chi connectivity index (χ2v) is 6.83. The molecule has 0 bridgehead atoms. The molecular formula is C18H11ClFN5OS. The molecule has 1 N–H and O–H groups in total. The van der Waals surface area contributed by atoms with Crippen LogP contribution in [0.15, 0.2) is 60.1 Å². The van der Waals surface area contributed by atoms with Crippen molar-refractivity contribution >= 4 is 34.7 Å². The molecule has 3 aromatic heterocycles. The first-order valence-corrected chi connectivity index (χ1v) is 9.06. The molecule has 0 aliphatic heterocycles. The van der Waals surface area contributed by atoms with Crippen molar-refractivity contribution in [2.75, 3.05) is 5.32 Å². The molecule has 0 saturated carbocycles. The lowest BCUT2D eigenvalue weighted by atomic mass is 10.3. The van der Waals surface area contributed by atoms with Crippen molar-refractivity contribution in [1.29, 1.82) is 0 Å². The van der Waals surface area contributed by atoms with Crippen LogP contribution in [0.25, 0.3) is 16.4 Å². The molecule has 0 unspecified atom stereocenters. The van der Waals surface area contributed by atoms with E-state index in [1.54, 1.807) is 24.3 Å². The van der Waals surface area contributed by atoms with Crippen LogP contribution >= 0.6 is 22.9 Å². The Morgan fingerprint density at radius 3 is 2.78 bits per heavy atom. The Kier molecular flexibility index (Phi) is 4.66. The average molecular weight is 400 g/mol. The summed E-state index contributed by atoms with van der Waals surface area (Å²) in [5.41, 5.74) is 0.467. The van der Waals surface area contributed by atoms with Crippen LogP contribution in [0.4, 0.5) is 10.2 Å². The van der Waals surface area contributed by atoms with Crippen molar-refractivity contribution < 1.29 is 9.18 Å². The fourth-order valence-corrected chi connectivity index (χ4v) is 3.19. The van der Waals surface area contributed by atoms with Crippen molar-refractivity contribution in [1.82, 2.24) is 19.7 Å². The molecule has 0 spiro atoms. The van der Waals surface area contributed by atoms with E-state index in [1.807, 2.05) is 17.5 Å². The number of carbonyl (C=O) groups excluding carboxylic acids is 1. The minimum absolute atomic E-state index is 0.0561. The van der Waals surface area contributed by atoms with E-state index in [4.69, 9.17) is 11.6 Å². The minimum atomic E-state index is -0.530. The highest BCUT2D eigenvalue weighted by Gasteiger charge is 2.20. The highest BCUT2D eigenvalue weighted by Crippen LogP contribution is 2.26. The number of benzene rings is 1. The van der Waals surface area contributed by atoms with Gasteiger partial charge < -0.3 is 5.32 Å². The summed E-state index contributed by atoms with van der Waals surface area (Å²) in [7, 11) is 0. The summed E-state index contributed by atoms with van der Waals surface area (Å²) in [4.78, 5) is 21.7. The van der Waals surface area contributed by atoms with Crippen LogP contribution in [0.1, 0.15) is 10.6 Å². The number of carbonyl (C=O) groups is 1. The van der Waals surface area contributed by atoms with Crippen LogP contribution in [0.3, 0.4) is 0 Å². The van der Waals surface area contributed by atoms with Gasteiger partial charge in [-0.2, -0.15) is 0 Å². The lowest BCUT2D eigenvalue weighted by Crippen LogP contribution is -2.15. The smallest absolute Gasteiger partial charge is 0.296 e. The molecule has 0 fully saturated rings. The summed E-state index contributed by atoms with van der Waals surface area (Å²) in [5.74, 6) is -0.220. The molecular weight excluding hydrogens is 389 g/mol. The van der Waals surface area contributed by atoms with E-state index in [9.17, 15) is 9.18 Å². The first kappa shape index (κ1) is 17.3. The number of thiophene rings is 1. The van der Waals surface area contributed by atoms with Crippen molar-refractivity contribution in [2.45, 2.75) is 0 Å². The Morgan fingerprint density at radius 1 is 1.19 bits per heavy atom. The van der Waals surface area contributed by atoms with Gasteiger partial charge in [-0.1, -0.05) is 23.7 Å². The minimum Gasteiger partial charge on any atom is -0.304 e. The zero-order valence-corrected chi connectivity index (χ0v) is 15.2. The molecule has 134 valence electrons.